The zero-order chi connectivity index (χ0) is 18.1. The maximum Gasteiger partial charge on any atom is 0.248 e. The molecule has 6 heteroatoms. The van der Waals surface area contributed by atoms with E-state index in [0.29, 0.717) is 12.1 Å². The minimum atomic E-state index is -0.213. The maximum absolute atomic E-state index is 11.9. The lowest BCUT2D eigenvalue weighted by Crippen LogP contribution is -2.33. The van der Waals surface area contributed by atoms with Crippen LogP contribution in [0.15, 0.2) is 60.7 Å². The molecule has 0 aliphatic rings. The molecule has 2 aromatic carbocycles. The van der Waals surface area contributed by atoms with Crippen LogP contribution in [-0.2, 0) is 9.59 Å². The number of rotatable bonds is 5. The summed E-state index contributed by atoms with van der Waals surface area (Å²) in [5.41, 5.74) is 2.34. The van der Waals surface area contributed by atoms with Crippen molar-refractivity contribution in [1.29, 1.82) is 0 Å². The average molecular weight is 353 g/mol. The van der Waals surface area contributed by atoms with E-state index in [1.165, 1.54) is 6.08 Å². The fraction of sp³-hybridized carbons (Fsp3) is 0.105. The molecular weight excluding hydrogens is 334 g/mol. The third-order valence-corrected chi connectivity index (χ3v) is 3.42. The van der Waals surface area contributed by atoms with Gasteiger partial charge in [0.2, 0.25) is 11.8 Å². The maximum atomic E-state index is 11.9. The Bertz CT molecular complexity index is 771. The number of carbonyl (C=O) groups is 2. The predicted molar refractivity (Wildman–Crippen MR) is 105 cm³/mol. The summed E-state index contributed by atoms with van der Waals surface area (Å²) >= 11 is 5.04. The number of nitrogens with one attached hydrogen (secondary N) is 3. The molecule has 0 saturated heterocycles. The predicted octanol–water partition coefficient (Wildman–Crippen LogP) is 3.56. The van der Waals surface area contributed by atoms with Crippen molar-refractivity contribution in [2.24, 2.45) is 0 Å². The molecule has 0 aliphatic carbocycles. The molecule has 2 aromatic rings. The molecule has 2 rings (SSSR count). The topological polar surface area (TPSA) is 70.2 Å². The quantitative estimate of drug-likeness (QED) is 0.568. The van der Waals surface area contributed by atoms with Gasteiger partial charge in [-0.2, -0.15) is 0 Å². The van der Waals surface area contributed by atoms with Crippen LogP contribution in [0.4, 0.5) is 11.4 Å². The van der Waals surface area contributed by atoms with Crippen LogP contribution >= 0.6 is 12.2 Å². The van der Waals surface area contributed by atoms with E-state index in [-0.39, 0.29) is 16.9 Å². The Morgan fingerprint density at radius 3 is 2.16 bits per heavy atom. The lowest BCUT2D eigenvalue weighted by molar-refractivity contribution is -0.119. The van der Waals surface area contributed by atoms with Crippen LogP contribution in [-0.4, -0.2) is 16.9 Å². The fourth-order valence-corrected chi connectivity index (χ4v) is 2.17. The van der Waals surface area contributed by atoms with Crippen molar-refractivity contribution >= 4 is 46.6 Å². The molecule has 3 N–H and O–H groups in total. The standard InChI is InChI=1S/C19H19N3O2S/c1-2-17(23)22-19(25)21-16-11-9-15(10-12-16)20-18(24)13-8-14-6-4-3-5-7-14/h3-13H,2H2,1H3,(H,20,24)(H2,21,22,23,25). The van der Waals surface area contributed by atoms with Crippen LogP contribution in [0.2, 0.25) is 0 Å². The van der Waals surface area contributed by atoms with E-state index in [1.807, 2.05) is 30.3 Å². The normalized spacial score (nSPS) is 10.3. The summed E-state index contributed by atoms with van der Waals surface area (Å²) in [6, 6.07) is 16.6. The van der Waals surface area contributed by atoms with Crippen LogP contribution in [0.1, 0.15) is 18.9 Å². The van der Waals surface area contributed by atoms with E-state index < -0.39 is 0 Å². The molecule has 0 bridgehead atoms. The molecule has 0 heterocycles. The number of benzene rings is 2. The minimum absolute atomic E-state index is 0.147. The highest BCUT2D eigenvalue weighted by Gasteiger charge is 2.03. The zero-order valence-electron chi connectivity index (χ0n) is 13.8. The lowest BCUT2D eigenvalue weighted by atomic mass is 10.2. The van der Waals surface area contributed by atoms with Gasteiger partial charge < -0.3 is 16.0 Å². The van der Waals surface area contributed by atoms with Gasteiger partial charge in [-0.05, 0) is 48.1 Å². The molecular formula is C19H19N3O2S. The minimum Gasteiger partial charge on any atom is -0.332 e. The van der Waals surface area contributed by atoms with Crippen LogP contribution in [0, 0.1) is 0 Å². The van der Waals surface area contributed by atoms with E-state index >= 15 is 0 Å². The van der Waals surface area contributed by atoms with Crippen LogP contribution in [0.3, 0.4) is 0 Å². The Balaban J connectivity index is 1.87. The van der Waals surface area contributed by atoms with Gasteiger partial charge in [-0.1, -0.05) is 37.3 Å². The van der Waals surface area contributed by atoms with Crippen molar-refractivity contribution in [2.75, 3.05) is 10.6 Å². The number of thiocarbonyl (C=S) groups is 1. The van der Waals surface area contributed by atoms with Gasteiger partial charge >= 0.3 is 0 Å². The lowest BCUT2D eigenvalue weighted by Gasteiger charge is -2.09. The van der Waals surface area contributed by atoms with Crippen LogP contribution in [0.25, 0.3) is 6.08 Å². The van der Waals surface area contributed by atoms with E-state index in [2.05, 4.69) is 16.0 Å². The van der Waals surface area contributed by atoms with Crippen LogP contribution in [0.5, 0.6) is 0 Å². The molecule has 0 aliphatic heterocycles. The number of hydrogen-bond acceptors (Lipinski definition) is 3. The van der Waals surface area contributed by atoms with E-state index in [4.69, 9.17) is 12.2 Å². The summed E-state index contributed by atoms with van der Waals surface area (Å²) in [4.78, 5) is 23.2. The molecule has 0 unspecified atom stereocenters. The summed E-state index contributed by atoms with van der Waals surface area (Å²) in [5.74, 6) is -0.359. The highest BCUT2D eigenvalue weighted by Crippen LogP contribution is 2.13. The van der Waals surface area contributed by atoms with Gasteiger partial charge in [-0.25, -0.2) is 0 Å². The number of hydrogen-bond donors (Lipinski definition) is 3. The van der Waals surface area contributed by atoms with Crippen molar-refractivity contribution in [3.63, 3.8) is 0 Å². The van der Waals surface area contributed by atoms with Gasteiger partial charge in [0.25, 0.3) is 0 Å². The number of anilines is 2. The summed E-state index contributed by atoms with van der Waals surface area (Å²) in [7, 11) is 0. The molecule has 0 aromatic heterocycles. The molecule has 0 fully saturated rings. The Morgan fingerprint density at radius 1 is 0.960 bits per heavy atom. The largest absolute Gasteiger partial charge is 0.332 e. The van der Waals surface area contributed by atoms with Crippen molar-refractivity contribution in [1.82, 2.24) is 5.32 Å². The molecule has 0 spiro atoms. The molecule has 128 valence electrons. The fourth-order valence-electron chi connectivity index (χ4n) is 1.93. The highest BCUT2D eigenvalue weighted by atomic mass is 32.1. The Labute approximate surface area is 152 Å². The van der Waals surface area contributed by atoms with Gasteiger partial charge in [0, 0.05) is 23.9 Å². The van der Waals surface area contributed by atoms with Crippen molar-refractivity contribution < 1.29 is 9.59 Å². The van der Waals surface area contributed by atoms with Gasteiger partial charge in [-0.15, -0.1) is 0 Å². The molecule has 5 nitrogen and oxygen atoms in total. The molecule has 0 atom stereocenters. The van der Waals surface area contributed by atoms with Crippen LogP contribution < -0.4 is 16.0 Å². The van der Waals surface area contributed by atoms with Crippen molar-refractivity contribution in [2.45, 2.75) is 13.3 Å². The summed E-state index contributed by atoms with van der Waals surface area (Å²) in [5, 5.41) is 8.49. The van der Waals surface area contributed by atoms with E-state index in [0.717, 1.165) is 11.3 Å². The molecule has 2 amide bonds. The first-order valence-corrected chi connectivity index (χ1v) is 8.22. The third kappa shape index (κ3) is 6.56. The average Bonchev–Trinajstić information content (AvgIpc) is 2.62. The third-order valence-electron chi connectivity index (χ3n) is 3.21. The molecule has 25 heavy (non-hydrogen) atoms. The zero-order valence-corrected chi connectivity index (χ0v) is 14.6. The first kappa shape index (κ1) is 18.4. The van der Waals surface area contributed by atoms with E-state index in [9.17, 15) is 9.59 Å². The first-order chi connectivity index (χ1) is 12.1. The van der Waals surface area contributed by atoms with Crippen molar-refractivity contribution in [3.05, 3.63) is 66.2 Å². The Morgan fingerprint density at radius 2 is 1.56 bits per heavy atom. The summed E-state index contributed by atoms with van der Waals surface area (Å²) < 4.78 is 0. The van der Waals surface area contributed by atoms with E-state index in [1.54, 1.807) is 37.3 Å². The number of carbonyl (C=O) groups excluding carboxylic acids is 2. The Hall–Kier alpha value is -2.99. The van der Waals surface area contributed by atoms with Gasteiger partial charge in [0.15, 0.2) is 5.11 Å². The summed E-state index contributed by atoms with van der Waals surface area (Å²) in [6.45, 7) is 1.75. The van der Waals surface area contributed by atoms with Crippen molar-refractivity contribution in [3.8, 4) is 0 Å². The second kappa shape index (κ2) is 9.34. The van der Waals surface area contributed by atoms with Gasteiger partial charge in [0.05, 0.1) is 0 Å². The smallest absolute Gasteiger partial charge is 0.248 e. The summed E-state index contributed by atoms with van der Waals surface area (Å²) in [6.07, 6.45) is 3.60. The first-order valence-electron chi connectivity index (χ1n) is 7.82. The van der Waals surface area contributed by atoms with Gasteiger partial charge in [0.1, 0.15) is 0 Å². The molecule has 0 radical (unpaired) electrons. The highest BCUT2D eigenvalue weighted by molar-refractivity contribution is 7.80. The van der Waals surface area contributed by atoms with Gasteiger partial charge in [-0.3, -0.25) is 9.59 Å². The SMILES string of the molecule is CCC(=O)NC(=S)Nc1ccc(NC(=O)C=Cc2ccccc2)cc1. The molecule has 0 saturated carbocycles. The monoisotopic (exact) mass is 353 g/mol. The second-order valence-corrected chi connectivity index (χ2v) is 5.57. The second-order valence-electron chi connectivity index (χ2n) is 5.17. The Kier molecular flexibility index (Phi) is 6.86. The number of amides is 2.